The summed E-state index contributed by atoms with van der Waals surface area (Å²) in [6.07, 6.45) is 4.15. The summed E-state index contributed by atoms with van der Waals surface area (Å²) in [6.45, 7) is 0. The van der Waals surface area contributed by atoms with Gasteiger partial charge in [0.1, 0.15) is 10.0 Å². The minimum absolute atomic E-state index is 0.0810. The van der Waals surface area contributed by atoms with Gasteiger partial charge < -0.3 is 5.32 Å². The number of nitrogens with one attached hydrogen (secondary N) is 1. The molecular formula is C22H16ClN3O3S2. The molecular weight excluding hydrogens is 454 g/mol. The first kappa shape index (κ1) is 20.1. The highest BCUT2D eigenvalue weighted by Crippen LogP contribution is 2.46. The zero-order valence-corrected chi connectivity index (χ0v) is 18.6. The lowest BCUT2D eigenvalue weighted by Crippen LogP contribution is -2.12. The fraction of sp³-hybridized carbons (Fsp3) is 0.182. The number of anilines is 1. The SMILES string of the molecule is O=C(Nc1sc2c(c1-c1nc3ccccc3s1)CCCC2)c1cc([N+](=O)[O-])ccc1Cl. The van der Waals surface area contributed by atoms with Crippen molar-refractivity contribution in [3.8, 4) is 10.6 Å². The number of thiazole rings is 1. The zero-order chi connectivity index (χ0) is 21.5. The average Bonchev–Trinajstić information content (AvgIpc) is 3.34. The molecule has 0 saturated heterocycles. The van der Waals surface area contributed by atoms with Gasteiger partial charge in [-0.2, -0.15) is 0 Å². The fourth-order valence-corrected chi connectivity index (χ4v) is 6.43. The van der Waals surface area contributed by atoms with Gasteiger partial charge in [0.05, 0.1) is 25.7 Å². The number of halogens is 1. The van der Waals surface area contributed by atoms with Crippen LogP contribution in [0.1, 0.15) is 33.6 Å². The van der Waals surface area contributed by atoms with Crippen molar-refractivity contribution in [1.82, 2.24) is 4.98 Å². The second-order valence-corrected chi connectivity index (χ2v) is 9.82. The molecule has 5 rings (SSSR count). The van der Waals surface area contributed by atoms with Crippen LogP contribution < -0.4 is 5.32 Å². The summed E-state index contributed by atoms with van der Waals surface area (Å²) in [6, 6.07) is 11.8. The maximum Gasteiger partial charge on any atom is 0.270 e. The number of carbonyl (C=O) groups excluding carboxylic acids is 1. The lowest BCUT2D eigenvalue weighted by molar-refractivity contribution is -0.384. The summed E-state index contributed by atoms with van der Waals surface area (Å²) < 4.78 is 1.09. The van der Waals surface area contributed by atoms with Crippen LogP contribution in [0.25, 0.3) is 20.8 Å². The second kappa shape index (κ2) is 8.03. The fourth-order valence-electron chi connectivity index (χ4n) is 3.83. The maximum atomic E-state index is 13.0. The Kier molecular flexibility index (Phi) is 5.21. The van der Waals surface area contributed by atoms with Gasteiger partial charge in [-0.15, -0.1) is 22.7 Å². The topological polar surface area (TPSA) is 85.1 Å². The van der Waals surface area contributed by atoms with Gasteiger partial charge >= 0.3 is 0 Å². The Morgan fingerprint density at radius 1 is 1.13 bits per heavy atom. The smallest absolute Gasteiger partial charge is 0.270 e. The van der Waals surface area contributed by atoms with E-state index in [0.717, 1.165) is 51.5 Å². The van der Waals surface area contributed by atoms with Crippen LogP contribution in [0.4, 0.5) is 10.7 Å². The molecule has 1 aliphatic rings. The first-order valence-electron chi connectivity index (χ1n) is 9.77. The van der Waals surface area contributed by atoms with Crippen LogP contribution in [0.3, 0.4) is 0 Å². The van der Waals surface area contributed by atoms with Crippen molar-refractivity contribution in [1.29, 1.82) is 0 Å². The highest BCUT2D eigenvalue weighted by Gasteiger charge is 2.26. The Morgan fingerprint density at radius 2 is 1.94 bits per heavy atom. The molecule has 0 fully saturated rings. The van der Waals surface area contributed by atoms with Crippen molar-refractivity contribution in [3.05, 3.63) is 73.6 Å². The summed E-state index contributed by atoms with van der Waals surface area (Å²) in [5.74, 6) is -0.463. The van der Waals surface area contributed by atoms with Gasteiger partial charge in [0, 0.05) is 22.6 Å². The van der Waals surface area contributed by atoms with Gasteiger partial charge in [0.25, 0.3) is 11.6 Å². The molecule has 1 N–H and O–H groups in total. The van der Waals surface area contributed by atoms with E-state index in [1.54, 1.807) is 22.7 Å². The molecule has 6 nitrogen and oxygen atoms in total. The summed E-state index contributed by atoms with van der Waals surface area (Å²) in [4.78, 5) is 29.7. The molecule has 0 saturated carbocycles. The number of rotatable bonds is 4. The van der Waals surface area contributed by atoms with E-state index in [4.69, 9.17) is 16.6 Å². The second-order valence-electron chi connectivity index (χ2n) is 7.28. The van der Waals surface area contributed by atoms with Gasteiger partial charge in [-0.3, -0.25) is 14.9 Å². The van der Waals surface area contributed by atoms with Gasteiger partial charge in [0.2, 0.25) is 0 Å². The predicted octanol–water partition coefficient (Wildman–Crippen LogP) is 6.72. The van der Waals surface area contributed by atoms with E-state index in [1.165, 1.54) is 28.6 Å². The number of amides is 1. The first-order valence-corrected chi connectivity index (χ1v) is 11.8. The number of non-ortho nitro benzene ring substituents is 1. The molecule has 4 aromatic rings. The normalized spacial score (nSPS) is 13.2. The Balaban J connectivity index is 1.58. The Labute approximate surface area is 190 Å². The van der Waals surface area contributed by atoms with Crippen molar-refractivity contribution >= 4 is 61.1 Å². The highest BCUT2D eigenvalue weighted by molar-refractivity contribution is 7.23. The summed E-state index contributed by atoms with van der Waals surface area (Å²) in [7, 11) is 0. The van der Waals surface area contributed by atoms with Crippen molar-refractivity contribution in [2.24, 2.45) is 0 Å². The molecule has 0 unspecified atom stereocenters. The quantitative estimate of drug-likeness (QED) is 0.265. The lowest BCUT2D eigenvalue weighted by atomic mass is 9.95. The third kappa shape index (κ3) is 3.71. The molecule has 0 spiro atoms. The van der Waals surface area contributed by atoms with E-state index in [-0.39, 0.29) is 16.3 Å². The number of thiophene rings is 1. The van der Waals surface area contributed by atoms with Gasteiger partial charge in [-0.05, 0) is 49.4 Å². The van der Waals surface area contributed by atoms with E-state index < -0.39 is 10.8 Å². The number of carbonyl (C=O) groups is 1. The van der Waals surface area contributed by atoms with E-state index in [9.17, 15) is 14.9 Å². The Bertz CT molecular complexity index is 1310. The lowest BCUT2D eigenvalue weighted by Gasteiger charge is -2.12. The molecule has 9 heteroatoms. The van der Waals surface area contributed by atoms with E-state index in [2.05, 4.69) is 5.32 Å². The Hall–Kier alpha value is -2.81. The van der Waals surface area contributed by atoms with Crippen LogP contribution in [0, 0.1) is 10.1 Å². The molecule has 0 bridgehead atoms. The van der Waals surface area contributed by atoms with Crippen LogP contribution >= 0.6 is 34.3 Å². The monoisotopic (exact) mass is 469 g/mol. The number of aromatic nitrogens is 1. The van der Waals surface area contributed by atoms with Crippen LogP contribution in [0.2, 0.25) is 5.02 Å². The van der Waals surface area contributed by atoms with Crippen LogP contribution in [-0.4, -0.2) is 15.8 Å². The molecule has 0 atom stereocenters. The largest absolute Gasteiger partial charge is 0.313 e. The zero-order valence-electron chi connectivity index (χ0n) is 16.2. The van der Waals surface area contributed by atoms with E-state index in [1.807, 2.05) is 24.3 Å². The summed E-state index contributed by atoms with van der Waals surface area (Å²) in [5.41, 5.74) is 3.05. The van der Waals surface area contributed by atoms with Crippen LogP contribution in [0.5, 0.6) is 0 Å². The van der Waals surface area contributed by atoms with Crippen molar-refractivity contribution in [2.75, 3.05) is 5.32 Å². The van der Waals surface area contributed by atoms with Crippen molar-refractivity contribution < 1.29 is 9.72 Å². The number of nitro groups is 1. The number of nitrogens with zero attached hydrogens (tertiary/aromatic N) is 2. The predicted molar refractivity (Wildman–Crippen MR) is 126 cm³/mol. The minimum Gasteiger partial charge on any atom is -0.313 e. The maximum absolute atomic E-state index is 13.0. The third-order valence-corrected chi connectivity index (χ3v) is 7.90. The molecule has 156 valence electrons. The average molecular weight is 470 g/mol. The summed E-state index contributed by atoms with van der Waals surface area (Å²) >= 11 is 9.35. The van der Waals surface area contributed by atoms with Crippen LogP contribution in [-0.2, 0) is 12.8 Å². The van der Waals surface area contributed by atoms with Crippen LogP contribution in [0.15, 0.2) is 42.5 Å². The van der Waals surface area contributed by atoms with Crippen molar-refractivity contribution in [2.45, 2.75) is 25.7 Å². The third-order valence-electron chi connectivity index (χ3n) is 5.31. The molecule has 2 heterocycles. The number of benzene rings is 2. The molecule has 2 aromatic heterocycles. The number of nitro benzene ring substituents is 1. The molecule has 0 radical (unpaired) electrons. The first-order chi connectivity index (χ1) is 15.0. The molecule has 1 amide bonds. The number of aryl methyl sites for hydroxylation is 1. The number of para-hydroxylation sites is 1. The van der Waals surface area contributed by atoms with Gasteiger partial charge in [0.15, 0.2) is 0 Å². The van der Waals surface area contributed by atoms with Gasteiger partial charge in [-0.1, -0.05) is 23.7 Å². The number of hydrogen-bond acceptors (Lipinski definition) is 6. The standard InChI is InChI=1S/C22H16ClN3O3S2/c23-15-10-9-12(26(28)29)11-14(15)20(27)25-22-19(13-5-1-3-7-17(13)30-22)21-24-16-6-2-4-8-18(16)31-21/h2,4,6,8-11H,1,3,5,7H2,(H,25,27). The van der Waals surface area contributed by atoms with E-state index in [0.29, 0.717) is 0 Å². The minimum atomic E-state index is -0.538. The number of fused-ring (bicyclic) bond motifs is 2. The molecule has 31 heavy (non-hydrogen) atoms. The van der Waals surface area contributed by atoms with Crippen molar-refractivity contribution in [3.63, 3.8) is 0 Å². The number of hydrogen-bond donors (Lipinski definition) is 1. The summed E-state index contributed by atoms with van der Waals surface area (Å²) in [5, 5.41) is 15.9. The highest BCUT2D eigenvalue weighted by atomic mass is 35.5. The molecule has 0 aliphatic heterocycles. The van der Waals surface area contributed by atoms with Gasteiger partial charge in [-0.25, -0.2) is 4.98 Å². The molecule has 2 aromatic carbocycles. The Morgan fingerprint density at radius 3 is 2.74 bits per heavy atom. The van der Waals surface area contributed by atoms with E-state index >= 15 is 0 Å². The molecule has 1 aliphatic carbocycles.